The molecule has 0 aliphatic carbocycles. The van der Waals surface area contributed by atoms with E-state index in [9.17, 15) is 9.59 Å². The Morgan fingerprint density at radius 3 is 2.12 bits per heavy atom. The van der Waals surface area contributed by atoms with Crippen LogP contribution in [-0.4, -0.2) is 18.4 Å². The third kappa shape index (κ3) is 9.59. The molecule has 0 saturated heterocycles. The normalized spacial score (nSPS) is 12.0. The Kier molecular flexibility index (Phi) is 10.7. The number of hydrogen-bond donors (Lipinski definition) is 2. The number of anilines is 1. The number of rotatable bonds is 12. The fourth-order valence-electron chi connectivity index (χ4n) is 2.90. The number of nitrogens with one attached hydrogen (secondary N) is 2. The van der Waals surface area contributed by atoms with Crippen molar-refractivity contribution in [1.29, 1.82) is 0 Å². The highest BCUT2D eigenvalue weighted by molar-refractivity contribution is 5.91. The van der Waals surface area contributed by atoms with Gasteiger partial charge in [0.1, 0.15) is 0 Å². The van der Waals surface area contributed by atoms with Gasteiger partial charge >= 0.3 is 0 Å². The summed E-state index contributed by atoms with van der Waals surface area (Å²) in [5.41, 5.74) is 2.06. The molecule has 0 aromatic heterocycles. The lowest BCUT2D eigenvalue weighted by Crippen LogP contribution is -2.27. The Morgan fingerprint density at radius 2 is 1.50 bits per heavy atom. The van der Waals surface area contributed by atoms with Gasteiger partial charge in [-0.3, -0.25) is 9.59 Å². The number of benzene rings is 1. The minimum atomic E-state index is -0.0397. The Balaban J connectivity index is 2.23. The molecule has 1 aromatic rings. The number of carbonyl (C=O) groups is 2. The Bertz CT molecular complexity index is 538. The third-order valence-corrected chi connectivity index (χ3v) is 4.53. The van der Waals surface area contributed by atoms with Gasteiger partial charge in [-0.15, -0.1) is 0 Å². The first-order valence-electron chi connectivity index (χ1n) is 10.1. The van der Waals surface area contributed by atoms with Crippen LogP contribution >= 0.6 is 0 Å². The standard InChI is InChI=1S/C22H36N2O2/c1-5-6-7-8-9-14-23-21(25)15-18(4)16-22(26)24-20-12-10-19(11-13-20)17(2)3/h10-13,17-18H,5-9,14-16H2,1-4H3,(H,23,25)(H,24,26)/t18-/m0/s1. The summed E-state index contributed by atoms with van der Waals surface area (Å²) < 4.78 is 0. The maximum Gasteiger partial charge on any atom is 0.224 e. The minimum absolute atomic E-state index is 0.0324. The van der Waals surface area contributed by atoms with E-state index in [0.717, 1.165) is 18.7 Å². The quantitative estimate of drug-likeness (QED) is 0.500. The largest absolute Gasteiger partial charge is 0.356 e. The van der Waals surface area contributed by atoms with Crippen molar-refractivity contribution in [3.63, 3.8) is 0 Å². The van der Waals surface area contributed by atoms with Crippen LogP contribution < -0.4 is 10.6 Å². The first-order chi connectivity index (χ1) is 12.4. The van der Waals surface area contributed by atoms with Crippen molar-refractivity contribution >= 4 is 17.5 Å². The lowest BCUT2D eigenvalue weighted by atomic mass is 10.0. The average Bonchev–Trinajstić information content (AvgIpc) is 2.58. The fraction of sp³-hybridized carbons (Fsp3) is 0.636. The number of amides is 2. The Hall–Kier alpha value is -1.84. The highest BCUT2D eigenvalue weighted by atomic mass is 16.2. The van der Waals surface area contributed by atoms with Gasteiger partial charge in [-0.2, -0.15) is 0 Å². The zero-order valence-corrected chi connectivity index (χ0v) is 16.9. The van der Waals surface area contributed by atoms with E-state index >= 15 is 0 Å². The molecule has 0 unspecified atom stereocenters. The second-order valence-corrected chi connectivity index (χ2v) is 7.60. The fourth-order valence-corrected chi connectivity index (χ4v) is 2.90. The van der Waals surface area contributed by atoms with Gasteiger partial charge in [0.25, 0.3) is 0 Å². The highest BCUT2D eigenvalue weighted by Crippen LogP contribution is 2.18. The van der Waals surface area contributed by atoms with Crippen LogP contribution in [0, 0.1) is 5.92 Å². The van der Waals surface area contributed by atoms with Crippen molar-refractivity contribution in [2.45, 2.75) is 78.6 Å². The first kappa shape index (κ1) is 22.2. The summed E-state index contributed by atoms with van der Waals surface area (Å²) in [7, 11) is 0. The van der Waals surface area contributed by atoms with Crippen LogP contribution in [0.3, 0.4) is 0 Å². The van der Waals surface area contributed by atoms with Gasteiger partial charge in [-0.1, -0.05) is 65.5 Å². The predicted octanol–water partition coefficient (Wildman–Crippen LogP) is 5.25. The van der Waals surface area contributed by atoms with Gasteiger partial charge in [0.2, 0.25) is 11.8 Å². The van der Waals surface area contributed by atoms with Gasteiger partial charge in [-0.25, -0.2) is 0 Å². The lowest BCUT2D eigenvalue weighted by Gasteiger charge is -2.12. The molecule has 0 aliphatic heterocycles. The zero-order chi connectivity index (χ0) is 19.4. The van der Waals surface area contributed by atoms with Gasteiger partial charge in [0, 0.05) is 25.1 Å². The SMILES string of the molecule is CCCCCCCNC(=O)C[C@H](C)CC(=O)Nc1ccc(C(C)C)cc1. The molecule has 0 saturated carbocycles. The molecule has 1 aromatic carbocycles. The van der Waals surface area contributed by atoms with Gasteiger partial charge in [0.05, 0.1) is 0 Å². The lowest BCUT2D eigenvalue weighted by molar-refractivity contribution is -0.122. The molecule has 0 aliphatic rings. The van der Waals surface area contributed by atoms with E-state index in [1.54, 1.807) is 0 Å². The van der Waals surface area contributed by atoms with Crippen molar-refractivity contribution in [2.75, 3.05) is 11.9 Å². The molecule has 0 fully saturated rings. The second kappa shape index (κ2) is 12.5. The molecule has 0 spiro atoms. The van der Waals surface area contributed by atoms with Crippen molar-refractivity contribution in [1.82, 2.24) is 5.32 Å². The van der Waals surface area contributed by atoms with Crippen LogP contribution in [0.25, 0.3) is 0 Å². The first-order valence-corrected chi connectivity index (χ1v) is 10.1. The molecule has 4 heteroatoms. The zero-order valence-electron chi connectivity index (χ0n) is 16.9. The van der Waals surface area contributed by atoms with E-state index in [4.69, 9.17) is 0 Å². The summed E-state index contributed by atoms with van der Waals surface area (Å²) in [6.07, 6.45) is 6.69. The van der Waals surface area contributed by atoms with Crippen LogP contribution in [0.2, 0.25) is 0 Å². The van der Waals surface area contributed by atoms with E-state index in [-0.39, 0.29) is 17.7 Å². The van der Waals surface area contributed by atoms with E-state index in [2.05, 4.69) is 31.4 Å². The molecule has 0 heterocycles. The van der Waals surface area contributed by atoms with E-state index in [1.165, 1.54) is 31.2 Å². The summed E-state index contributed by atoms with van der Waals surface area (Å²) in [4.78, 5) is 24.1. The van der Waals surface area contributed by atoms with Gasteiger partial charge < -0.3 is 10.6 Å². The van der Waals surface area contributed by atoms with Crippen LogP contribution in [0.15, 0.2) is 24.3 Å². The molecule has 0 radical (unpaired) electrons. The second-order valence-electron chi connectivity index (χ2n) is 7.60. The summed E-state index contributed by atoms with van der Waals surface area (Å²) in [6, 6.07) is 7.95. The van der Waals surface area contributed by atoms with Crippen LogP contribution in [0.5, 0.6) is 0 Å². The van der Waals surface area contributed by atoms with E-state index in [1.807, 2.05) is 31.2 Å². The van der Waals surface area contributed by atoms with Crippen molar-refractivity contribution in [3.8, 4) is 0 Å². The number of carbonyl (C=O) groups excluding carboxylic acids is 2. The topological polar surface area (TPSA) is 58.2 Å². The molecule has 2 amide bonds. The summed E-state index contributed by atoms with van der Waals surface area (Å²) in [6.45, 7) is 9.17. The highest BCUT2D eigenvalue weighted by Gasteiger charge is 2.13. The van der Waals surface area contributed by atoms with Crippen molar-refractivity contribution < 1.29 is 9.59 Å². The summed E-state index contributed by atoms with van der Waals surface area (Å²) in [5, 5.41) is 5.87. The molecular weight excluding hydrogens is 324 g/mol. The smallest absolute Gasteiger partial charge is 0.224 e. The molecule has 146 valence electrons. The maximum absolute atomic E-state index is 12.1. The van der Waals surface area contributed by atoms with E-state index < -0.39 is 0 Å². The molecule has 0 bridgehead atoms. The molecule has 26 heavy (non-hydrogen) atoms. The van der Waals surface area contributed by atoms with Gasteiger partial charge in [0.15, 0.2) is 0 Å². The molecular formula is C22H36N2O2. The van der Waals surface area contributed by atoms with Crippen molar-refractivity contribution in [2.24, 2.45) is 5.92 Å². The summed E-state index contributed by atoms with van der Waals surface area (Å²) >= 11 is 0. The Labute approximate surface area is 159 Å². The van der Waals surface area contributed by atoms with Crippen molar-refractivity contribution in [3.05, 3.63) is 29.8 Å². The Morgan fingerprint density at radius 1 is 0.885 bits per heavy atom. The van der Waals surface area contributed by atoms with Crippen LogP contribution in [-0.2, 0) is 9.59 Å². The monoisotopic (exact) mass is 360 g/mol. The van der Waals surface area contributed by atoms with Crippen LogP contribution in [0.1, 0.15) is 84.1 Å². The number of unbranched alkanes of at least 4 members (excludes halogenated alkanes) is 4. The summed E-state index contributed by atoms with van der Waals surface area (Å²) in [5.74, 6) is 0.513. The predicted molar refractivity (Wildman–Crippen MR) is 109 cm³/mol. The minimum Gasteiger partial charge on any atom is -0.356 e. The molecule has 4 nitrogen and oxygen atoms in total. The van der Waals surface area contributed by atoms with E-state index in [0.29, 0.717) is 18.8 Å². The molecule has 1 rings (SSSR count). The molecule has 2 N–H and O–H groups in total. The average molecular weight is 361 g/mol. The van der Waals surface area contributed by atoms with Crippen LogP contribution in [0.4, 0.5) is 5.69 Å². The van der Waals surface area contributed by atoms with Gasteiger partial charge in [-0.05, 0) is 36.0 Å². The number of hydrogen-bond acceptors (Lipinski definition) is 2. The third-order valence-electron chi connectivity index (χ3n) is 4.53. The molecule has 1 atom stereocenters. The maximum atomic E-state index is 12.1.